The van der Waals surface area contributed by atoms with Crippen molar-refractivity contribution in [2.45, 2.75) is 31.9 Å². The van der Waals surface area contributed by atoms with Gasteiger partial charge in [0.1, 0.15) is 0 Å². The fourth-order valence-electron chi connectivity index (χ4n) is 1.14. The van der Waals surface area contributed by atoms with Gasteiger partial charge < -0.3 is 26.6 Å². The SMILES string of the molecule is CO[Si](C)(C)C[Si](OC)(OC)OC.CO[Si](C)(C)OC. The van der Waals surface area contributed by atoms with E-state index < -0.39 is 25.7 Å². The predicted octanol–water partition coefficient (Wildman–Crippen LogP) is 2.24. The minimum Gasteiger partial charge on any atom is -0.421 e. The van der Waals surface area contributed by atoms with Crippen molar-refractivity contribution in [1.82, 2.24) is 0 Å². The third-order valence-electron chi connectivity index (χ3n) is 3.11. The van der Waals surface area contributed by atoms with Gasteiger partial charge in [0.25, 0.3) is 0 Å². The highest BCUT2D eigenvalue weighted by molar-refractivity contribution is 6.85. The zero-order valence-corrected chi connectivity index (χ0v) is 17.7. The Kier molecular flexibility index (Phi) is 11.6. The Hall–Kier alpha value is 0.411. The van der Waals surface area contributed by atoms with Gasteiger partial charge in [0, 0.05) is 48.3 Å². The molecular weight excluding hydrogens is 312 g/mol. The first-order valence-electron chi connectivity index (χ1n) is 6.38. The molecule has 0 fully saturated rings. The minimum atomic E-state index is -2.44. The molecule has 0 aromatic heterocycles. The lowest BCUT2D eigenvalue weighted by Gasteiger charge is -2.30. The average Bonchev–Trinajstić information content (AvgIpc) is 2.45. The Bertz CT molecular complexity index is 232. The summed E-state index contributed by atoms with van der Waals surface area (Å²) in [4.78, 5) is 0. The lowest BCUT2D eigenvalue weighted by molar-refractivity contribution is 0.127. The fraction of sp³-hybridized carbons (Fsp3) is 1.00. The smallest absolute Gasteiger partial charge is 0.421 e. The van der Waals surface area contributed by atoms with Crippen LogP contribution in [0.3, 0.4) is 0 Å². The molecular formula is C11H32O6Si3. The summed E-state index contributed by atoms with van der Waals surface area (Å²) in [7, 11) is 4.18. The summed E-state index contributed by atoms with van der Waals surface area (Å²) in [6.45, 7) is 8.22. The van der Waals surface area contributed by atoms with Crippen LogP contribution in [-0.4, -0.2) is 68.3 Å². The topological polar surface area (TPSA) is 55.4 Å². The molecule has 6 nitrogen and oxygen atoms in total. The van der Waals surface area contributed by atoms with E-state index in [1.807, 2.05) is 13.1 Å². The molecule has 0 aromatic rings. The third kappa shape index (κ3) is 9.37. The van der Waals surface area contributed by atoms with Crippen molar-refractivity contribution in [3.05, 3.63) is 0 Å². The van der Waals surface area contributed by atoms with Crippen LogP contribution in [0, 0.1) is 0 Å². The van der Waals surface area contributed by atoms with Crippen LogP contribution in [0.15, 0.2) is 0 Å². The van der Waals surface area contributed by atoms with Crippen LogP contribution in [-0.2, 0) is 26.6 Å². The van der Waals surface area contributed by atoms with E-state index in [2.05, 4.69) is 13.1 Å². The van der Waals surface area contributed by atoms with Crippen LogP contribution in [0.2, 0.25) is 31.9 Å². The second-order valence-corrected chi connectivity index (χ2v) is 16.8. The van der Waals surface area contributed by atoms with Gasteiger partial charge in [-0.05, 0) is 26.2 Å². The Morgan fingerprint density at radius 2 is 0.900 bits per heavy atom. The summed E-state index contributed by atoms with van der Waals surface area (Å²) >= 11 is 0. The standard InChI is InChI=1S/C7H20O4Si2.C4H12O2Si/c1-8-12(5,6)7-13(9-2,10-3)11-4;1-5-7(3,4)6-2/h7H2,1-6H3;1-4H3. The van der Waals surface area contributed by atoms with Crippen LogP contribution in [0.25, 0.3) is 0 Å². The van der Waals surface area contributed by atoms with E-state index >= 15 is 0 Å². The molecule has 124 valence electrons. The summed E-state index contributed by atoms with van der Waals surface area (Å²) < 4.78 is 31.4. The molecule has 0 unspecified atom stereocenters. The summed E-state index contributed by atoms with van der Waals surface area (Å²) in [6, 6.07) is 0. The molecule has 0 atom stereocenters. The van der Waals surface area contributed by atoms with Crippen LogP contribution >= 0.6 is 0 Å². The van der Waals surface area contributed by atoms with E-state index in [4.69, 9.17) is 26.6 Å². The molecule has 0 heterocycles. The van der Waals surface area contributed by atoms with Gasteiger partial charge in [-0.15, -0.1) is 0 Å². The maximum absolute atomic E-state index is 5.43. The van der Waals surface area contributed by atoms with Crippen LogP contribution in [0.1, 0.15) is 0 Å². The Morgan fingerprint density at radius 1 is 0.550 bits per heavy atom. The van der Waals surface area contributed by atoms with Crippen LogP contribution in [0.5, 0.6) is 0 Å². The fourth-order valence-corrected chi connectivity index (χ4v) is 8.29. The quantitative estimate of drug-likeness (QED) is 0.629. The molecule has 0 aliphatic heterocycles. The summed E-state index contributed by atoms with van der Waals surface area (Å²) in [5.41, 5.74) is 0.778. The minimum absolute atomic E-state index is 0.778. The van der Waals surface area contributed by atoms with Crippen molar-refractivity contribution in [2.75, 3.05) is 42.7 Å². The van der Waals surface area contributed by atoms with Gasteiger partial charge in [-0.3, -0.25) is 0 Å². The third-order valence-corrected chi connectivity index (χ3v) is 13.2. The van der Waals surface area contributed by atoms with Gasteiger partial charge >= 0.3 is 17.4 Å². The highest BCUT2D eigenvalue weighted by Gasteiger charge is 2.45. The van der Waals surface area contributed by atoms with Crippen molar-refractivity contribution in [1.29, 1.82) is 0 Å². The van der Waals surface area contributed by atoms with E-state index in [9.17, 15) is 0 Å². The predicted molar refractivity (Wildman–Crippen MR) is 87.6 cm³/mol. The van der Waals surface area contributed by atoms with E-state index in [0.717, 1.165) is 5.67 Å². The van der Waals surface area contributed by atoms with Crippen LogP contribution in [0.4, 0.5) is 0 Å². The van der Waals surface area contributed by atoms with Gasteiger partial charge in [-0.2, -0.15) is 0 Å². The number of hydrogen-bond donors (Lipinski definition) is 0. The first-order chi connectivity index (χ1) is 9.07. The molecule has 0 N–H and O–H groups in total. The van der Waals surface area contributed by atoms with Crippen molar-refractivity contribution >= 4 is 25.7 Å². The zero-order valence-electron chi connectivity index (χ0n) is 14.7. The van der Waals surface area contributed by atoms with Crippen molar-refractivity contribution in [3.63, 3.8) is 0 Å². The molecule has 0 spiro atoms. The van der Waals surface area contributed by atoms with E-state index in [1.54, 1.807) is 42.7 Å². The molecule has 9 heteroatoms. The highest BCUT2D eigenvalue weighted by Crippen LogP contribution is 2.21. The molecule has 0 saturated heterocycles. The summed E-state index contributed by atoms with van der Waals surface area (Å²) in [6.07, 6.45) is 0. The molecule has 0 aromatic carbocycles. The van der Waals surface area contributed by atoms with E-state index in [1.165, 1.54) is 0 Å². The van der Waals surface area contributed by atoms with Gasteiger partial charge in [0.15, 0.2) is 8.32 Å². The molecule has 0 saturated carbocycles. The van der Waals surface area contributed by atoms with Gasteiger partial charge in [0.2, 0.25) is 0 Å². The summed E-state index contributed by atoms with van der Waals surface area (Å²) in [5.74, 6) is 0. The average molecular weight is 345 g/mol. The molecule has 0 rings (SSSR count). The van der Waals surface area contributed by atoms with E-state index in [-0.39, 0.29) is 0 Å². The van der Waals surface area contributed by atoms with Crippen molar-refractivity contribution < 1.29 is 26.6 Å². The molecule has 0 amide bonds. The Morgan fingerprint density at radius 3 is 1.05 bits per heavy atom. The van der Waals surface area contributed by atoms with E-state index in [0.29, 0.717) is 0 Å². The Balaban J connectivity index is 0. The second kappa shape index (κ2) is 10.2. The number of hydrogen-bond acceptors (Lipinski definition) is 6. The Labute approximate surface area is 127 Å². The second-order valence-electron chi connectivity index (χ2n) is 5.24. The van der Waals surface area contributed by atoms with Crippen molar-refractivity contribution in [3.8, 4) is 0 Å². The maximum atomic E-state index is 5.43. The molecule has 0 aliphatic carbocycles. The van der Waals surface area contributed by atoms with Gasteiger partial charge in [-0.1, -0.05) is 0 Å². The molecule has 0 bridgehead atoms. The lowest BCUT2D eigenvalue weighted by atomic mass is 11.7. The largest absolute Gasteiger partial charge is 0.499 e. The highest BCUT2D eigenvalue weighted by atomic mass is 28.4. The van der Waals surface area contributed by atoms with Gasteiger partial charge in [-0.25, -0.2) is 0 Å². The number of rotatable bonds is 8. The lowest BCUT2D eigenvalue weighted by Crippen LogP contribution is -2.50. The molecule has 20 heavy (non-hydrogen) atoms. The normalized spacial score (nSPS) is 12.9. The van der Waals surface area contributed by atoms with Crippen LogP contribution < -0.4 is 0 Å². The zero-order chi connectivity index (χ0) is 16.4. The molecule has 0 aliphatic rings. The first kappa shape index (κ1) is 22.7. The first-order valence-corrected chi connectivity index (χ1v) is 14.2. The summed E-state index contributed by atoms with van der Waals surface area (Å²) in [5, 5.41) is 0. The monoisotopic (exact) mass is 344 g/mol. The van der Waals surface area contributed by atoms with Crippen molar-refractivity contribution in [2.24, 2.45) is 0 Å². The molecule has 0 radical (unpaired) electrons. The van der Waals surface area contributed by atoms with Gasteiger partial charge in [0.05, 0.1) is 0 Å². The maximum Gasteiger partial charge on any atom is 0.499 e.